The minimum absolute atomic E-state index is 0.0334. The van der Waals surface area contributed by atoms with E-state index in [2.05, 4.69) is 4.98 Å². The Hall–Kier alpha value is -3.10. The van der Waals surface area contributed by atoms with E-state index < -0.39 is 23.6 Å². The summed E-state index contributed by atoms with van der Waals surface area (Å²) in [7, 11) is 1.47. The van der Waals surface area contributed by atoms with Gasteiger partial charge in [0, 0.05) is 23.1 Å². The molecule has 0 aliphatic carbocycles. The fourth-order valence-corrected chi connectivity index (χ4v) is 2.75. The fourth-order valence-electron chi connectivity index (χ4n) is 2.75. The van der Waals surface area contributed by atoms with E-state index in [1.54, 1.807) is 32.9 Å². The maximum absolute atomic E-state index is 13.2. The van der Waals surface area contributed by atoms with Crippen LogP contribution in [0.5, 0.6) is 5.88 Å². The van der Waals surface area contributed by atoms with Gasteiger partial charge in [0.15, 0.2) is 6.10 Å². The minimum Gasteiger partial charge on any atom is -0.481 e. The molecular weight excluding hydrogens is 404 g/mol. The first-order valence-corrected chi connectivity index (χ1v) is 10.2. The number of unbranched alkanes of at least 4 members (excludes halogenated alkanes) is 1. The molecule has 1 fully saturated rings. The van der Waals surface area contributed by atoms with E-state index in [0.29, 0.717) is 18.1 Å². The van der Waals surface area contributed by atoms with Gasteiger partial charge in [0.05, 0.1) is 20.3 Å². The lowest BCUT2D eigenvalue weighted by Gasteiger charge is -2.30. The van der Waals surface area contributed by atoms with Crippen molar-refractivity contribution >= 4 is 29.9 Å². The number of hydrogen-bond acceptors (Lipinski definition) is 8. The number of hydrogen-bond donors (Lipinski definition) is 0. The van der Waals surface area contributed by atoms with Crippen LogP contribution in [-0.4, -0.2) is 56.0 Å². The van der Waals surface area contributed by atoms with Crippen molar-refractivity contribution in [2.24, 2.45) is 5.41 Å². The maximum atomic E-state index is 13.2. The molecule has 0 bridgehead atoms. The molecule has 9 heteroatoms. The molecule has 1 aliphatic rings. The van der Waals surface area contributed by atoms with Crippen LogP contribution < -0.4 is 9.64 Å². The van der Waals surface area contributed by atoms with Crippen LogP contribution in [0.3, 0.4) is 0 Å². The molecule has 9 nitrogen and oxygen atoms in total. The zero-order valence-corrected chi connectivity index (χ0v) is 18.7. The van der Waals surface area contributed by atoms with Crippen LogP contribution in [0, 0.1) is 5.41 Å². The number of carbonyl (C=O) groups excluding carboxylic acids is 3. The molecule has 1 amide bonds. The van der Waals surface area contributed by atoms with Gasteiger partial charge >= 0.3 is 12.1 Å². The SMILES string of the molecule is CCCCOC(=O)/C=C/c1ccc(OC)nc1N(CC1COC(=O)O1)C(=O)C(C)(C)C. The van der Waals surface area contributed by atoms with E-state index in [1.807, 2.05) is 6.92 Å². The van der Waals surface area contributed by atoms with Crippen LogP contribution in [0.2, 0.25) is 0 Å². The molecule has 170 valence electrons. The number of methoxy groups -OCH3 is 1. The Morgan fingerprint density at radius 2 is 2.06 bits per heavy atom. The van der Waals surface area contributed by atoms with Crippen LogP contribution in [0.4, 0.5) is 10.6 Å². The van der Waals surface area contributed by atoms with Crippen LogP contribution in [0.25, 0.3) is 6.08 Å². The maximum Gasteiger partial charge on any atom is 0.508 e. The normalized spacial score (nSPS) is 16.0. The highest BCUT2D eigenvalue weighted by Crippen LogP contribution is 2.29. The molecule has 0 radical (unpaired) electrons. The van der Waals surface area contributed by atoms with E-state index in [1.165, 1.54) is 24.2 Å². The van der Waals surface area contributed by atoms with Crippen molar-refractivity contribution in [3.05, 3.63) is 23.8 Å². The van der Waals surface area contributed by atoms with Crippen LogP contribution in [-0.2, 0) is 23.8 Å². The quantitative estimate of drug-likeness (QED) is 0.331. The number of aromatic nitrogens is 1. The zero-order valence-electron chi connectivity index (χ0n) is 18.7. The predicted molar refractivity (Wildman–Crippen MR) is 114 cm³/mol. The van der Waals surface area contributed by atoms with Gasteiger partial charge in [0.2, 0.25) is 11.8 Å². The van der Waals surface area contributed by atoms with Gasteiger partial charge in [-0.3, -0.25) is 9.69 Å². The third-order valence-corrected chi connectivity index (χ3v) is 4.41. The summed E-state index contributed by atoms with van der Waals surface area (Å²) in [6.45, 7) is 7.76. The molecule has 0 saturated carbocycles. The number of anilines is 1. The lowest BCUT2D eigenvalue weighted by Crippen LogP contribution is -2.45. The Kier molecular flexibility index (Phi) is 8.41. The molecule has 1 aliphatic heterocycles. The van der Waals surface area contributed by atoms with Crippen molar-refractivity contribution < 1.29 is 33.3 Å². The molecule has 1 unspecified atom stereocenters. The van der Waals surface area contributed by atoms with E-state index in [4.69, 9.17) is 18.9 Å². The molecule has 1 aromatic rings. The Bertz CT molecular complexity index is 830. The van der Waals surface area contributed by atoms with Crippen molar-refractivity contribution in [3.8, 4) is 5.88 Å². The highest BCUT2D eigenvalue weighted by Gasteiger charge is 2.35. The summed E-state index contributed by atoms with van der Waals surface area (Å²) in [6.07, 6.45) is 3.12. The van der Waals surface area contributed by atoms with Gasteiger partial charge in [-0.15, -0.1) is 0 Å². The molecule has 1 atom stereocenters. The van der Waals surface area contributed by atoms with Gasteiger partial charge in [-0.05, 0) is 18.6 Å². The first-order valence-electron chi connectivity index (χ1n) is 10.2. The summed E-state index contributed by atoms with van der Waals surface area (Å²) in [5.41, 5.74) is -0.232. The van der Waals surface area contributed by atoms with E-state index in [0.717, 1.165) is 12.8 Å². The first-order chi connectivity index (χ1) is 14.7. The van der Waals surface area contributed by atoms with E-state index >= 15 is 0 Å². The van der Waals surface area contributed by atoms with Crippen molar-refractivity contribution in [3.63, 3.8) is 0 Å². The molecule has 2 heterocycles. The molecule has 0 N–H and O–H groups in total. The molecule has 1 aromatic heterocycles. The summed E-state index contributed by atoms with van der Waals surface area (Å²) in [4.78, 5) is 42.5. The van der Waals surface area contributed by atoms with Gasteiger partial charge in [-0.25, -0.2) is 9.59 Å². The second-order valence-corrected chi connectivity index (χ2v) is 8.09. The van der Waals surface area contributed by atoms with Crippen molar-refractivity contribution in [1.29, 1.82) is 0 Å². The van der Waals surface area contributed by atoms with Gasteiger partial charge in [-0.1, -0.05) is 34.1 Å². The van der Waals surface area contributed by atoms with Crippen molar-refractivity contribution in [2.75, 3.05) is 31.8 Å². The molecule has 1 saturated heterocycles. The van der Waals surface area contributed by atoms with Crippen LogP contribution >= 0.6 is 0 Å². The van der Waals surface area contributed by atoms with Crippen molar-refractivity contribution in [1.82, 2.24) is 4.98 Å². The Morgan fingerprint density at radius 1 is 1.32 bits per heavy atom. The standard InChI is InChI=1S/C22H30N2O7/c1-6-7-12-29-18(25)11-9-15-8-10-17(28-5)23-19(15)24(20(26)22(2,3)4)13-16-14-30-21(27)31-16/h8-11,16H,6-7,12-14H2,1-5H3/b11-9+. The lowest BCUT2D eigenvalue weighted by molar-refractivity contribution is -0.137. The van der Waals surface area contributed by atoms with E-state index in [9.17, 15) is 14.4 Å². The van der Waals surface area contributed by atoms with Crippen LogP contribution in [0.15, 0.2) is 18.2 Å². The second-order valence-electron chi connectivity index (χ2n) is 8.09. The number of carbonyl (C=O) groups is 3. The fraction of sp³-hybridized carbons (Fsp3) is 0.545. The Morgan fingerprint density at radius 3 is 2.65 bits per heavy atom. The first kappa shape index (κ1) is 24.2. The van der Waals surface area contributed by atoms with Gasteiger partial charge in [0.25, 0.3) is 0 Å². The highest BCUT2D eigenvalue weighted by molar-refractivity contribution is 5.98. The predicted octanol–water partition coefficient (Wildman–Crippen LogP) is 3.36. The molecule has 0 aromatic carbocycles. The number of rotatable bonds is 9. The highest BCUT2D eigenvalue weighted by atomic mass is 16.8. The third-order valence-electron chi connectivity index (χ3n) is 4.41. The summed E-state index contributed by atoms with van der Waals surface area (Å²) < 4.78 is 20.3. The number of ether oxygens (including phenoxy) is 4. The largest absolute Gasteiger partial charge is 0.508 e. The summed E-state index contributed by atoms with van der Waals surface area (Å²) in [5, 5.41) is 0. The molecule has 31 heavy (non-hydrogen) atoms. The van der Waals surface area contributed by atoms with Gasteiger partial charge in [0.1, 0.15) is 12.4 Å². The molecule has 0 spiro atoms. The monoisotopic (exact) mass is 434 g/mol. The number of pyridine rings is 1. The topological polar surface area (TPSA) is 104 Å². The summed E-state index contributed by atoms with van der Waals surface area (Å²) in [6, 6.07) is 3.32. The number of esters is 1. The van der Waals surface area contributed by atoms with Gasteiger partial charge < -0.3 is 18.9 Å². The Labute approximate surface area is 182 Å². The average Bonchev–Trinajstić information content (AvgIpc) is 3.14. The lowest BCUT2D eigenvalue weighted by atomic mass is 9.94. The molecular formula is C22H30N2O7. The number of amides is 1. The Balaban J connectivity index is 2.38. The second kappa shape index (κ2) is 10.8. The number of cyclic esters (lactones) is 2. The van der Waals surface area contributed by atoms with E-state index in [-0.39, 0.29) is 24.9 Å². The third kappa shape index (κ3) is 6.97. The minimum atomic E-state index is -0.776. The summed E-state index contributed by atoms with van der Waals surface area (Å²) >= 11 is 0. The van der Waals surface area contributed by atoms with Gasteiger partial charge in [-0.2, -0.15) is 4.98 Å². The van der Waals surface area contributed by atoms with Crippen LogP contribution in [0.1, 0.15) is 46.1 Å². The number of nitrogens with zero attached hydrogens (tertiary/aromatic N) is 2. The zero-order chi connectivity index (χ0) is 23.0. The summed E-state index contributed by atoms with van der Waals surface area (Å²) in [5.74, 6) is -0.151. The molecule has 2 rings (SSSR count). The van der Waals surface area contributed by atoms with Crippen molar-refractivity contribution in [2.45, 2.75) is 46.6 Å². The average molecular weight is 434 g/mol. The smallest absolute Gasteiger partial charge is 0.481 e.